The van der Waals surface area contributed by atoms with Crippen molar-refractivity contribution in [1.82, 2.24) is 10.2 Å². The van der Waals surface area contributed by atoms with E-state index in [0.29, 0.717) is 24.4 Å². The molecule has 0 spiro atoms. The predicted octanol–water partition coefficient (Wildman–Crippen LogP) is 3.03. The van der Waals surface area contributed by atoms with Gasteiger partial charge in [-0.2, -0.15) is 0 Å². The molecule has 2 aliphatic rings. The Hall–Kier alpha value is -2.56. The molecule has 26 heavy (non-hydrogen) atoms. The van der Waals surface area contributed by atoms with Crippen LogP contribution in [0.25, 0.3) is 0 Å². The highest BCUT2D eigenvalue weighted by Crippen LogP contribution is 2.33. The molecule has 5 heteroatoms. The number of nitrogens with one attached hydrogen (secondary N) is 1. The molecule has 1 aromatic carbocycles. The van der Waals surface area contributed by atoms with E-state index in [0.717, 1.165) is 18.4 Å². The third-order valence-electron chi connectivity index (χ3n) is 5.48. The third kappa shape index (κ3) is 3.26. The molecular weight excluding hydrogens is 328 g/mol. The van der Waals surface area contributed by atoms with Crippen LogP contribution in [0.2, 0.25) is 0 Å². The zero-order valence-electron chi connectivity index (χ0n) is 15.2. The van der Waals surface area contributed by atoms with E-state index >= 15 is 0 Å². The first-order valence-electron chi connectivity index (χ1n) is 9.23. The van der Waals surface area contributed by atoms with Crippen LogP contribution in [0.4, 0.5) is 0 Å². The van der Waals surface area contributed by atoms with Crippen LogP contribution in [0.5, 0.6) is 0 Å². The Morgan fingerprint density at radius 1 is 1.08 bits per heavy atom. The number of hydrogen-bond donors (Lipinski definition) is 1. The molecule has 2 amide bonds. The van der Waals surface area contributed by atoms with Gasteiger partial charge in [0, 0.05) is 24.9 Å². The van der Waals surface area contributed by atoms with Gasteiger partial charge in [0.25, 0.3) is 5.91 Å². The van der Waals surface area contributed by atoms with Gasteiger partial charge in [-0.05, 0) is 38.3 Å². The Morgan fingerprint density at radius 2 is 1.81 bits per heavy atom. The van der Waals surface area contributed by atoms with Gasteiger partial charge >= 0.3 is 0 Å². The minimum Gasteiger partial charge on any atom is -0.469 e. The quantitative estimate of drug-likeness (QED) is 0.920. The molecule has 1 aromatic heterocycles. The van der Waals surface area contributed by atoms with E-state index in [1.165, 1.54) is 5.56 Å². The summed E-state index contributed by atoms with van der Waals surface area (Å²) in [5.41, 5.74) is 2.96. The molecule has 2 atom stereocenters. The van der Waals surface area contributed by atoms with Crippen LogP contribution in [0.3, 0.4) is 0 Å². The molecule has 4 rings (SSSR count). The molecule has 136 valence electrons. The fourth-order valence-corrected chi connectivity index (χ4v) is 3.69. The summed E-state index contributed by atoms with van der Waals surface area (Å²) in [5, 5.41) is 3.19. The van der Waals surface area contributed by atoms with Gasteiger partial charge in [-0.1, -0.05) is 29.8 Å². The maximum Gasteiger partial charge on any atom is 0.257 e. The van der Waals surface area contributed by atoms with Gasteiger partial charge in [0.2, 0.25) is 5.91 Å². The van der Waals surface area contributed by atoms with Gasteiger partial charge in [-0.3, -0.25) is 9.59 Å². The number of hydrogen-bond acceptors (Lipinski definition) is 3. The molecule has 1 N–H and O–H groups in total. The van der Waals surface area contributed by atoms with Gasteiger partial charge in [0.1, 0.15) is 5.76 Å². The second kappa shape index (κ2) is 6.63. The largest absolute Gasteiger partial charge is 0.469 e. The minimum absolute atomic E-state index is 0.0310. The van der Waals surface area contributed by atoms with Crippen molar-refractivity contribution in [3.63, 3.8) is 0 Å². The van der Waals surface area contributed by atoms with Crippen LogP contribution < -0.4 is 5.32 Å². The summed E-state index contributed by atoms with van der Waals surface area (Å²) in [6.45, 7) is 4.98. The van der Waals surface area contributed by atoms with E-state index in [4.69, 9.17) is 4.42 Å². The minimum atomic E-state index is -0.0537. The number of nitrogens with zero attached hydrogens (tertiary/aromatic N) is 1. The lowest BCUT2D eigenvalue weighted by Gasteiger charge is -2.20. The third-order valence-corrected chi connectivity index (χ3v) is 5.48. The maximum atomic E-state index is 12.9. The number of benzene rings is 1. The lowest BCUT2D eigenvalue weighted by molar-refractivity contribution is -0.123. The summed E-state index contributed by atoms with van der Waals surface area (Å²) in [7, 11) is 0. The molecule has 1 aliphatic heterocycles. The van der Waals surface area contributed by atoms with E-state index in [9.17, 15) is 9.59 Å². The first-order valence-corrected chi connectivity index (χ1v) is 9.23. The van der Waals surface area contributed by atoms with Gasteiger partial charge in [-0.15, -0.1) is 0 Å². The smallest absolute Gasteiger partial charge is 0.257 e. The van der Waals surface area contributed by atoms with Crippen molar-refractivity contribution < 1.29 is 14.0 Å². The number of amides is 2. The molecule has 2 fully saturated rings. The molecule has 2 heterocycles. The Bertz CT molecular complexity index is 820. The number of furan rings is 1. The van der Waals surface area contributed by atoms with E-state index in [-0.39, 0.29) is 29.7 Å². The number of likely N-dealkylation sites (tertiary alicyclic amines) is 1. The Balaban J connectivity index is 1.57. The van der Waals surface area contributed by atoms with Crippen molar-refractivity contribution in [3.8, 4) is 0 Å². The van der Waals surface area contributed by atoms with Crippen LogP contribution in [0, 0.1) is 19.8 Å². The topological polar surface area (TPSA) is 62.6 Å². The molecule has 5 nitrogen and oxygen atoms in total. The highest BCUT2D eigenvalue weighted by Gasteiger charge is 2.40. The average molecular weight is 352 g/mol. The average Bonchev–Trinajstić information content (AvgIpc) is 3.27. The lowest BCUT2D eigenvalue weighted by Crippen LogP contribution is -2.41. The van der Waals surface area contributed by atoms with Crippen LogP contribution >= 0.6 is 0 Å². The summed E-state index contributed by atoms with van der Waals surface area (Å²) in [6.07, 6.45) is 3.50. The summed E-state index contributed by atoms with van der Waals surface area (Å²) in [6, 6.07) is 10.0. The predicted molar refractivity (Wildman–Crippen MR) is 97.9 cm³/mol. The van der Waals surface area contributed by atoms with Crippen molar-refractivity contribution in [2.24, 2.45) is 5.92 Å². The highest BCUT2D eigenvalue weighted by atomic mass is 16.3. The van der Waals surface area contributed by atoms with Crippen LogP contribution in [-0.4, -0.2) is 35.8 Å². The summed E-state index contributed by atoms with van der Waals surface area (Å²) in [4.78, 5) is 27.0. The fourth-order valence-electron chi connectivity index (χ4n) is 3.69. The molecule has 0 radical (unpaired) electrons. The second-order valence-corrected chi connectivity index (χ2v) is 7.51. The second-order valence-electron chi connectivity index (χ2n) is 7.51. The van der Waals surface area contributed by atoms with E-state index in [1.54, 1.807) is 19.3 Å². The van der Waals surface area contributed by atoms with Gasteiger partial charge in [-0.25, -0.2) is 0 Å². The van der Waals surface area contributed by atoms with E-state index in [1.807, 2.05) is 4.90 Å². The SMILES string of the molecule is Cc1ccc([C@@H]2CN(C(=O)c3ccoc3C)C[C@H]2NC(=O)C2CC2)cc1. The Kier molecular flexibility index (Phi) is 4.31. The summed E-state index contributed by atoms with van der Waals surface area (Å²) >= 11 is 0. The first-order chi connectivity index (χ1) is 12.5. The van der Waals surface area contributed by atoms with Crippen molar-refractivity contribution in [2.75, 3.05) is 13.1 Å². The number of aryl methyl sites for hydroxylation is 2. The number of rotatable bonds is 4. The van der Waals surface area contributed by atoms with Crippen LogP contribution in [0.1, 0.15) is 46.0 Å². The van der Waals surface area contributed by atoms with Gasteiger partial charge in [0.05, 0.1) is 17.9 Å². The monoisotopic (exact) mass is 352 g/mol. The van der Waals surface area contributed by atoms with E-state index < -0.39 is 0 Å². The van der Waals surface area contributed by atoms with Gasteiger partial charge in [0.15, 0.2) is 0 Å². The fraction of sp³-hybridized carbons (Fsp3) is 0.429. The summed E-state index contributed by atoms with van der Waals surface area (Å²) in [5.74, 6) is 0.994. The number of carbonyl (C=O) groups is 2. The Labute approximate surface area is 153 Å². The molecule has 1 aliphatic carbocycles. The van der Waals surface area contributed by atoms with Crippen molar-refractivity contribution in [2.45, 2.75) is 38.6 Å². The van der Waals surface area contributed by atoms with Gasteiger partial charge < -0.3 is 14.6 Å². The van der Waals surface area contributed by atoms with Crippen molar-refractivity contribution >= 4 is 11.8 Å². The van der Waals surface area contributed by atoms with Crippen LogP contribution in [-0.2, 0) is 4.79 Å². The maximum absolute atomic E-state index is 12.9. The normalized spacial score (nSPS) is 22.5. The molecule has 0 bridgehead atoms. The van der Waals surface area contributed by atoms with Crippen molar-refractivity contribution in [3.05, 3.63) is 59.0 Å². The number of carbonyl (C=O) groups excluding carboxylic acids is 2. The zero-order chi connectivity index (χ0) is 18.3. The molecule has 1 saturated carbocycles. The highest BCUT2D eigenvalue weighted by molar-refractivity contribution is 5.95. The molecule has 1 saturated heterocycles. The van der Waals surface area contributed by atoms with Crippen LogP contribution in [0.15, 0.2) is 41.0 Å². The van der Waals surface area contributed by atoms with Crippen molar-refractivity contribution in [1.29, 1.82) is 0 Å². The molecule has 0 unspecified atom stereocenters. The zero-order valence-corrected chi connectivity index (χ0v) is 15.2. The standard InChI is InChI=1S/C21H24N2O3/c1-13-3-5-15(6-4-13)18-11-23(21(25)17-9-10-26-14(17)2)12-19(18)22-20(24)16-7-8-16/h3-6,9-10,16,18-19H,7-8,11-12H2,1-2H3,(H,22,24)/t18-,19+/m0/s1. The van der Waals surface area contributed by atoms with E-state index in [2.05, 4.69) is 36.5 Å². The Morgan fingerprint density at radius 3 is 2.42 bits per heavy atom. The summed E-state index contributed by atoms with van der Waals surface area (Å²) < 4.78 is 5.28. The lowest BCUT2D eigenvalue weighted by atomic mass is 9.93. The molecular formula is C21H24N2O3. The molecule has 2 aromatic rings. The first kappa shape index (κ1) is 16.9.